The summed E-state index contributed by atoms with van der Waals surface area (Å²) in [5.41, 5.74) is 0. The summed E-state index contributed by atoms with van der Waals surface area (Å²) in [6, 6.07) is 0. The summed E-state index contributed by atoms with van der Waals surface area (Å²) >= 11 is 2.45. The van der Waals surface area contributed by atoms with Crippen molar-refractivity contribution in [2.45, 2.75) is 0 Å². The van der Waals surface area contributed by atoms with Gasteiger partial charge in [-0.25, -0.2) is 0 Å². The number of hydrogen-bond acceptors (Lipinski definition) is 1. The first-order chi connectivity index (χ1) is 1.41. The van der Waals surface area contributed by atoms with Crippen molar-refractivity contribution >= 4 is 15.9 Å². The molecule has 0 amide bonds. The second-order valence-corrected chi connectivity index (χ2v) is 0.439. The van der Waals surface area contributed by atoms with E-state index in [-0.39, 0.29) is 20.3 Å². The van der Waals surface area contributed by atoms with Crippen LogP contribution in [0.5, 0.6) is 0 Å². The number of nitriles is 1. The summed E-state index contributed by atoms with van der Waals surface area (Å²) in [6.45, 7) is 0. The fraction of sp³-hybridized carbons (Fsp3) is 0. The van der Waals surface area contributed by atoms with Gasteiger partial charge >= 0.3 is 18.9 Å². The van der Waals surface area contributed by atoms with Gasteiger partial charge in [-0.2, -0.15) is 5.26 Å². The second-order valence-electron chi connectivity index (χ2n) is 0.0845. The fourth-order valence-corrected chi connectivity index (χ4v) is 0. The van der Waals surface area contributed by atoms with Crippen molar-refractivity contribution < 1.29 is 20.3 Å². The molecule has 3 heteroatoms. The van der Waals surface area contributed by atoms with E-state index in [0.717, 1.165) is 0 Å². The average Bonchev–Trinajstić information content (AvgIpc) is 0.918. The van der Waals surface area contributed by atoms with Gasteiger partial charge in [-0.3, -0.25) is 0 Å². The van der Waals surface area contributed by atoms with Crippen LogP contribution in [-0.4, -0.2) is 0 Å². The molecule has 0 aromatic rings. The van der Waals surface area contributed by atoms with Crippen LogP contribution in [-0.2, 0) is 0 Å². The molecule has 0 aliphatic rings. The molecule has 0 radical (unpaired) electrons. The smallest absolute Gasteiger partial charge is 1.00 e. The number of hydrogen-bond donors (Lipinski definition) is 0. The van der Waals surface area contributed by atoms with E-state index in [1.54, 1.807) is 4.98 Å². The number of rotatable bonds is 0. The quantitative estimate of drug-likeness (QED) is 0.333. The Labute approximate surface area is 46.8 Å². The Hall–Kier alpha value is 0.567. The molecule has 0 aromatic heterocycles. The van der Waals surface area contributed by atoms with Crippen LogP contribution in [0.25, 0.3) is 0 Å². The topological polar surface area (TPSA) is 23.8 Å². The molecule has 0 spiro atoms. The van der Waals surface area contributed by atoms with Crippen LogP contribution in [0.15, 0.2) is 0 Å². The molecule has 4 heavy (non-hydrogen) atoms. The third-order valence-electron chi connectivity index (χ3n) is 0. The van der Waals surface area contributed by atoms with Gasteiger partial charge in [0.2, 0.25) is 0 Å². The van der Waals surface area contributed by atoms with Crippen molar-refractivity contribution in [1.29, 1.82) is 5.26 Å². The molecule has 0 unspecified atom stereocenters. The van der Waals surface area contributed by atoms with E-state index in [0.29, 0.717) is 0 Å². The predicted octanol–water partition coefficient (Wildman–Crippen LogP) is -2.02. The van der Waals surface area contributed by atoms with Gasteiger partial charge in [0.05, 0.1) is 0 Å². The van der Waals surface area contributed by atoms with Crippen LogP contribution >= 0.6 is 15.9 Å². The Balaban J connectivity index is -0.0000000200. The fourth-order valence-electron chi connectivity index (χ4n) is 0. The zero-order valence-electron chi connectivity index (χ0n) is 3.33. The van der Waals surface area contributed by atoms with E-state index in [9.17, 15) is 0 Å². The Bertz CT molecular complexity index is 33.1. The monoisotopic (exact) mass is 113 g/mol. The van der Waals surface area contributed by atoms with Gasteiger partial charge in [-0.15, -0.1) is 0 Å². The SMILES string of the molecule is N#CBr.[H-].[Li+]. The van der Waals surface area contributed by atoms with Crippen molar-refractivity contribution in [2.75, 3.05) is 0 Å². The molecular weight excluding hydrogens is 113 g/mol. The van der Waals surface area contributed by atoms with Gasteiger partial charge in [0.25, 0.3) is 0 Å². The maximum Gasteiger partial charge on any atom is 1.00 e. The van der Waals surface area contributed by atoms with E-state index in [2.05, 4.69) is 15.9 Å². The van der Waals surface area contributed by atoms with Crippen molar-refractivity contribution in [3.05, 3.63) is 0 Å². The van der Waals surface area contributed by atoms with Gasteiger partial charge in [0.15, 0.2) is 0 Å². The number of nitrogens with zero attached hydrogens (tertiary/aromatic N) is 1. The molecule has 0 saturated heterocycles. The van der Waals surface area contributed by atoms with Crippen molar-refractivity contribution in [1.82, 2.24) is 0 Å². The van der Waals surface area contributed by atoms with Gasteiger partial charge in [-0.05, 0) is 0 Å². The van der Waals surface area contributed by atoms with Crippen molar-refractivity contribution in [3.63, 3.8) is 0 Å². The Morgan fingerprint density at radius 2 is 2.00 bits per heavy atom. The van der Waals surface area contributed by atoms with Gasteiger partial charge in [0.1, 0.15) is 4.98 Å². The van der Waals surface area contributed by atoms with Crippen LogP contribution in [0, 0.1) is 10.2 Å². The van der Waals surface area contributed by atoms with Crippen LogP contribution in [0.2, 0.25) is 0 Å². The third kappa shape index (κ3) is 19.6. The van der Waals surface area contributed by atoms with Gasteiger partial charge in [-0.1, -0.05) is 0 Å². The van der Waals surface area contributed by atoms with E-state index >= 15 is 0 Å². The number of halogens is 1. The zero-order valence-corrected chi connectivity index (χ0v) is 3.91. The molecule has 0 fully saturated rings. The van der Waals surface area contributed by atoms with E-state index in [1.165, 1.54) is 0 Å². The van der Waals surface area contributed by atoms with Crippen LogP contribution in [0.4, 0.5) is 0 Å². The zero-order chi connectivity index (χ0) is 2.71. The first-order valence-corrected chi connectivity index (χ1v) is 1.21. The largest absolute Gasteiger partial charge is 1.00 e. The maximum absolute atomic E-state index is 7.24. The summed E-state index contributed by atoms with van der Waals surface area (Å²) < 4.78 is 0. The average molecular weight is 114 g/mol. The molecule has 0 atom stereocenters. The van der Waals surface area contributed by atoms with Crippen molar-refractivity contribution in [3.8, 4) is 4.98 Å². The molecule has 0 heterocycles. The Morgan fingerprint density at radius 3 is 2.00 bits per heavy atom. The molecule has 0 N–H and O–H groups in total. The van der Waals surface area contributed by atoms with E-state index in [1.807, 2.05) is 0 Å². The first-order valence-electron chi connectivity index (χ1n) is 0.413. The van der Waals surface area contributed by atoms with E-state index in [4.69, 9.17) is 5.26 Å². The Kier molecular flexibility index (Phi) is 21.1. The van der Waals surface area contributed by atoms with Gasteiger partial charge in [0, 0.05) is 15.9 Å². The second kappa shape index (κ2) is 9.57. The van der Waals surface area contributed by atoms with Crippen molar-refractivity contribution in [2.24, 2.45) is 0 Å². The minimum Gasteiger partial charge on any atom is -1.00 e. The summed E-state index contributed by atoms with van der Waals surface area (Å²) in [5.74, 6) is 0. The third-order valence-corrected chi connectivity index (χ3v) is 0. The molecular formula is CHBrLiN. The Morgan fingerprint density at radius 1 is 2.00 bits per heavy atom. The summed E-state index contributed by atoms with van der Waals surface area (Å²) in [5, 5.41) is 7.24. The van der Waals surface area contributed by atoms with Crippen LogP contribution in [0.3, 0.4) is 0 Å². The molecule has 18 valence electrons. The maximum atomic E-state index is 7.24. The summed E-state index contributed by atoms with van der Waals surface area (Å²) in [4.78, 5) is 1.56. The minimum absolute atomic E-state index is 0. The molecule has 0 aromatic carbocycles. The summed E-state index contributed by atoms with van der Waals surface area (Å²) in [7, 11) is 0. The predicted molar refractivity (Wildman–Crippen MR) is 15.7 cm³/mol. The van der Waals surface area contributed by atoms with E-state index < -0.39 is 0 Å². The standard InChI is InChI=1S/CBrN.Li.H/c2-1-3;;/q;+1;-1. The summed E-state index contributed by atoms with van der Waals surface area (Å²) in [6.07, 6.45) is 0. The molecule has 0 aliphatic heterocycles. The molecule has 0 bridgehead atoms. The van der Waals surface area contributed by atoms with Gasteiger partial charge < -0.3 is 1.43 Å². The molecule has 0 rings (SSSR count). The molecule has 0 aliphatic carbocycles. The minimum atomic E-state index is 0. The molecule has 0 saturated carbocycles. The normalized spacial score (nSPS) is 2.00. The molecule has 1 nitrogen and oxygen atoms in total. The van der Waals surface area contributed by atoms with Crippen LogP contribution in [0.1, 0.15) is 1.43 Å². The van der Waals surface area contributed by atoms with Crippen LogP contribution < -0.4 is 18.9 Å². The first kappa shape index (κ1) is 8.82.